The zero-order valence-electron chi connectivity index (χ0n) is 12.0. The molecule has 0 saturated carbocycles. The number of hydrogen-bond donors (Lipinski definition) is 1. The van der Waals surface area contributed by atoms with Gasteiger partial charge < -0.3 is 18.7 Å². The van der Waals surface area contributed by atoms with E-state index in [0.717, 1.165) is 0 Å². The van der Waals surface area contributed by atoms with Crippen molar-refractivity contribution in [3.63, 3.8) is 0 Å². The van der Waals surface area contributed by atoms with E-state index >= 15 is 0 Å². The first-order chi connectivity index (χ1) is 11.1. The van der Waals surface area contributed by atoms with Crippen LogP contribution in [0.15, 0.2) is 39.4 Å². The zero-order valence-corrected chi connectivity index (χ0v) is 12.0. The maximum atomic E-state index is 11.5. The van der Waals surface area contributed by atoms with Gasteiger partial charge in [-0.1, -0.05) is 6.07 Å². The van der Waals surface area contributed by atoms with E-state index in [9.17, 15) is 9.59 Å². The number of nitrogens with zero attached hydrogens (tertiary/aromatic N) is 1. The van der Waals surface area contributed by atoms with Crippen molar-refractivity contribution in [2.24, 2.45) is 0 Å². The summed E-state index contributed by atoms with van der Waals surface area (Å²) in [5.41, 5.74) is 1.19. The van der Waals surface area contributed by atoms with Gasteiger partial charge in [0.25, 0.3) is 0 Å². The Labute approximate surface area is 129 Å². The molecule has 3 aromatic rings. The summed E-state index contributed by atoms with van der Waals surface area (Å²) in [6, 6.07) is 6.25. The van der Waals surface area contributed by atoms with Gasteiger partial charge in [0, 0.05) is 11.6 Å². The van der Waals surface area contributed by atoms with E-state index in [1.54, 1.807) is 24.3 Å². The van der Waals surface area contributed by atoms with Crippen LogP contribution in [0.1, 0.15) is 32.4 Å². The van der Waals surface area contributed by atoms with Crippen molar-refractivity contribution in [3.05, 3.63) is 53.3 Å². The molecule has 0 unspecified atom stereocenters. The third kappa shape index (κ3) is 2.71. The van der Waals surface area contributed by atoms with Crippen molar-refractivity contribution in [2.45, 2.75) is 0 Å². The van der Waals surface area contributed by atoms with Gasteiger partial charge in [-0.2, -0.15) is 0 Å². The average molecular weight is 313 g/mol. The van der Waals surface area contributed by atoms with E-state index < -0.39 is 11.9 Å². The summed E-state index contributed by atoms with van der Waals surface area (Å²) >= 11 is 0. The van der Waals surface area contributed by atoms with Crippen LogP contribution in [0, 0.1) is 0 Å². The minimum atomic E-state index is -1.08. The monoisotopic (exact) mass is 313 g/mol. The molecule has 116 valence electrons. The number of ether oxygens (including phenoxy) is 1. The molecule has 0 atom stereocenters. The third-order valence-electron chi connectivity index (χ3n) is 3.14. The molecule has 0 fully saturated rings. The molecule has 7 nitrogen and oxygen atoms in total. The molecule has 0 saturated heterocycles. The number of para-hydroxylation sites is 1. The number of carbonyl (C=O) groups is 2. The highest BCUT2D eigenvalue weighted by Crippen LogP contribution is 2.22. The number of aromatic carboxylic acids is 1. The number of carboxylic acids is 1. The topological polar surface area (TPSA) is 103 Å². The second kappa shape index (κ2) is 5.80. The standard InChI is InChI=1S/C16H11NO6/c1-21-16(20)14-9(7-8-22-14)5-6-12-17-13-10(15(18)19)3-2-4-11(13)23-12/h2-8H,1H3,(H,18,19)/b6-5+. The van der Waals surface area contributed by atoms with Gasteiger partial charge in [-0.3, -0.25) is 0 Å². The van der Waals surface area contributed by atoms with E-state index in [1.807, 2.05) is 0 Å². The van der Waals surface area contributed by atoms with Crippen LogP contribution < -0.4 is 0 Å². The molecule has 3 rings (SSSR count). The Morgan fingerprint density at radius 3 is 2.83 bits per heavy atom. The van der Waals surface area contributed by atoms with Crippen molar-refractivity contribution < 1.29 is 28.3 Å². The highest BCUT2D eigenvalue weighted by atomic mass is 16.5. The summed E-state index contributed by atoms with van der Waals surface area (Å²) in [5.74, 6) is -1.40. The third-order valence-corrected chi connectivity index (χ3v) is 3.14. The van der Waals surface area contributed by atoms with E-state index in [2.05, 4.69) is 9.72 Å². The fourth-order valence-corrected chi connectivity index (χ4v) is 2.08. The van der Waals surface area contributed by atoms with Gasteiger partial charge >= 0.3 is 11.9 Å². The van der Waals surface area contributed by atoms with Gasteiger partial charge in [-0.05, 0) is 24.3 Å². The highest BCUT2D eigenvalue weighted by Gasteiger charge is 2.15. The fourth-order valence-electron chi connectivity index (χ4n) is 2.08. The number of aromatic nitrogens is 1. The summed E-state index contributed by atoms with van der Waals surface area (Å²) in [6.07, 6.45) is 4.45. The van der Waals surface area contributed by atoms with Gasteiger partial charge in [-0.25, -0.2) is 14.6 Å². The molecule has 0 aliphatic heterocycles. The minimum Gasteiger partial charge on any atom is -0.478 e. The van der Waals surface area contributed by atoms with Gasteiger partial charge in [0.1, 0.15) is 5.52 Å². The molecular formula is C16H11NO6. The van der Waals surface area contributed by atoms with Crippen molar-refractivity contribution in [1.82, 2.24) is 4.98 Å². The minimum absolute atomic E-state index is 0.0597. The second-order valence-corrected chi connectivity index (χ2v) is 4.54. The number of oxazole rings is 1. The Morgan fingerprint density at radius 1 is 1.26 bits per heavy atom. The summed E-state index contributed by atoms with van der Waals surface area (Å²) in [4.78, 5) is 26.8. The lowest BCUT2D eigenvalue weighted by molar-refractivity contribution is 0.0564. The molecule has 1 aromatic carbocycles. The summed E-state index contributed by atoms with van der Waals surface area (Å²) in [7, 11) is 1.26. The number of hydrogen-bond acceptors (Lipinski definition) is 6. The van der Waals surface area contributed by atoms with Crippen LogP contribution in [0.25, 0.3) is 23.3 Å². The predicted octanol–water partition coefficient (Wildman–Crippen LogP) is 3.08. The van der Waals surface area contributed by atoms with Crippen LogP contribution >= 0.6 is 0 Å². The molecule has 7 heteroatoms. The van der Waals surface area contributed by atoms with Crippen molar-refractivity contribution in [2.75, 3.05) is 7.11 Å². The molecule has 0 aliphatic rings. The smallest absolute Gasteiger partial charge is 0.374 e. The van der Waals surface area contributed by atoms with Crippen LogP contribution in [0.4, 0.5) is 0 Å². The Hall–Kier alpha value is -3.35. The molecule has 0 aliphatic carbocycles. The number of furan rings is 1. The lowest BCUT2D eigenvalue weighted by atomic mass is 10.2. The molecule has 0 amide bonds. The Morgan fingerprint density at radius 2 is 2.09 bits per heavy atom. The van der Waals surface area contributed by atoms with Crippen LogP contribution in [0.2, 0.25) is 0 Å². The first-order valence-corrected chi connectivity index (χ1v) is 6.57. The molecule has 0 bridgehead atoms. The normalized spacial score (nSPS) is 11.2. The summed E-state index contributed by atoms with van der Waals surface area (Å²) < 4.78 is 15.1. The lowest BCUT2D eigenvalue weighted by Crippen LogP contribution is -2.00. The largest absolute Gasteiger partial charge is 0.478 e. The zero-order chi connectivity index (χ0) is 16.4. The maximum Gasteiger partial charge on any atom is 0.374 e. The van der Waals surface area contributed by atoms with Crippen LogP contribution in [0.5, 0.6) is 0 Å². The van der Waals surface area contributed by atoms with Crippen molar-refractivity contribution in [3.8, 4) is 0 Å². The van der Waals surface area contributed by atoms with Crippen LogP contribution in [0.3, 0.4) is 0 Å². The van der Waals surface area contributed by atoms with E-state index in [-0.39, 0.29) is 22.7 Å². The number of methoxy groups -OCH3 is 1. The lowest BCUT2D eigenvalue weighted by Gasteiger charge is -1.94. The molecule has 1 N–H and O–H groups in total. The van der Waals surface area contributed by atoms with Gasteiger partial charge in [0.05, 0.1) is 18.9 Å². The molecule has 0 radical (unpaired) electrons. The molecule has 23 heavy (non-hydrogen) atoms. The summed E-state index contributed by atoms with van der Waals surface area (Å²) in [5, 5.41) is 9.13. The van der Waals surface area contributed by atoms with Crippen molar-refractivity contribution >= 4 is 35.2 Å². The number of esters is 1. The number of carboxylic acid groups (broad SMARTS) is 1. The van der Waals surface area contributed by atoms with Crippen molar-refractivity contribution in [1.29, 1.82) is 0 Å². The Bertz CT molecular complexity index is 918. The number of fused-ring (bicyclic) bond motifs is 1. The maximum absolute atomic E-state index is 11.5. The number of rotatable bonds is 4. The first kappa shape index (κ1) is 14.6. The number of carbonyl (C=O) groups excluding carboxylic acids is 1. The molecule has 2 heterocycles. The highest BCUT2D eigenvalue weighted by molar-refractivity contribution is 6.00. The Kier molecular flexibility index (Phi) is 3.68. The van der Waals surface area contributed by atoms with Crippen LogP contribution in [-0.2, 0) is 4.74 Å². The number of benzene rings is 1. The van der Waals surface area contributed by atoms with Gasteiger partial charge in [0.2, 0.25) is 11.7 Å². The van der Waals surface area contributed by atoms with Gasteiger partial charge in [-0.15, -0.1) is 0 Å². The molecular weight excluding hydrogens is 302 g/mol. The van der Waals surface area contributed by atoms with E-state index in [0.29, 0.717) is 11.1 Å². The summed E-state index contributed by atoms with van der Waals surface area (Å²) in [6.45, 7) is 0. The van der Waals surface area contributed by atoms with Gasteiger partial charge in [0.15, 0.2) is 5.58 Å². The van der Waals surface area contributed by atoms with Crippen LogP contribution in [-0.4, -0.2) is 29.1 Å². The molecule has 0 spiro atoms. The van der Waals surface area contributed by atoms with E-state index in [1.165, 1.54) is 25.5 Å². The van der Waals surface area contributed by atoms with E-state index in [4.69, 9.17) is 13.9 Å². The first-order valence-electron chi connectivity index (χ1n) is 6.57. The second-order valence-electron chi connectivity index (χ2n) is 4.54. The molecule has 2 aromatic heterocycles. The Balaban J connectivity index is 1.96. The SMILES string of the molecule is COC(=O)c1occc1/C=C/c1nc2c(C(=O)O)cccc2o1. The quantitative estimate of drug-likeness (QED) is 0.738. The fraction of sp³-hybridized carbons (Fsp3) is 0.0625. The predicted molar refractivity (Wildman–Crippen MR) is 79.9 cm³/mol. The average Bonchev–Trinajstić information content (AvgIpc) is 3.17.